The molecular weight excluding hydrogens is 222 g/mol. The molecule has 1 aromatic heterocycles. The van der Waals surface area contributed by atoms with Crippen molar-refractivity contribution >= 4 is 11.8 Å². The van der Waals surface area contributed by atoms with Gasteiger partial charge in [0.05, 0.1) is 13.5 Å². The van der Waals surface area contributed by atoms with E-state index < -0.39 is 11.5 Å². The van der Waals surface area contributed by atoms with Crippen LogP contribution in [0, 0.1) is 6.92 Å². The molecule has 1 aromatic rings. The Bertz CT molecular complexity index is 418. The Morgan fingerprint density at radius 1 is 1.53 bits per heavy atom. The molecule has 94 valence electrons. The van der Waals surface area contributed by atoms with Gasteiger partial charge in [0.2, 0.25) is 5.88 Å². The van der Waals surface area contributed by atoms with Crippen LogP contribution in [0.5, 0.6) is 5.88 Å². The maximum Gasteiger partial charge on any atom is 0.305 e. The minimum absolute atomic E-state index is 0.00162. The highest BCUT2D eigenvalue weighted by Gasteiger charge is 2.22. The van der Waals surface area contributed by atoms with Crippen molar-refractivity contribution in [3.05, 3.63) is 11.9 Å². The molecule has 0 bridgehead atoms. The zero-order chi connectivity index (χ0) is 13.1. The van der Waals surface area contributed by atoms with Crippen LogP contribution < -0.4 is 10.1 Å². The van der Waals surface area contributed by atoms with Gasteiger partial charge in [-0.25, -0.2) is 4.98 Å². The van der Waals surface area contributed by atoms with Crippen LogP contribution in [0.15, 0.2) is 6.07 Å². The number of anilines is 1. The predicted octanol–water partition coefficient (Wildman–Crippen LogP) is 1.46. The fourth-order valence-corrected chi connectivity index (χ4v) is 1.48. The Labute approximate surface area is 100 Å². The number of aryl methyl sites for hydroxylation is 1. The number of ether oxygens (including phenoxy) is 1. The molecule has 6 heteroatoms. The lowest BCUT2D eigenvalue weighted by Gasteiger charge is -2.25. The fraction of sp³-hybridized carbons (Fsp3) is 0.545. The first-order valence-corrected chi connectivity index (χ1v) is 5.22. The zero-order valence-electron chi connectivity index (χ0n) is 10.4. The van der Waals surface area contributed by atoms with Gasteiger partial charge in [0.1, 0.15) is 11.6 Å². The molecule has 0 aliphatic carbocycles. The first kappa shape index (κ1) is 13.2. The van der Waals surface area contributed by atoms with Gasteiger partial charge in [-0.05, 0) is 20.8 Å². The van der Waals surface area contributed by atoms with Crippen LogP contribution in [0.1, 0.15) is 26.1 Å². The third kappa shape index (κ3) is 4.26. The average Bonchev–Trinajstić information content (AvgIpc) is 2.13. The molecule has 6 nitrogen and oxygen atoms in total. The minimum atomic E-state index is -0.861. The molecule has 17 heavy (non-hydrogen) atoms. The molecule has 2 N–H and O–H groups in total. The summed E-state index contributed by atoms with van der Waals surface area (Å²) in [6.45, 7) is 5.34. The summed E-state index contributed by atoms with van der Waals surface area (Å²) in [4.78, 5) is 18.9. The van der Waals surface area contributed by atoms with E-state index in [1.165, 1.54) is 7.11 Å². The van der Waals surface area contributed by atoms with Crippen molar-refractivity contribution in [2.24, 2.45) is 0 Å². The van der Waals surface area contributed by atoms with E-state index in [9.17, 15) is 4.79 Å². The maximum atomic E-state index is 10.7. The summed E-state index contributed by atoms with van der Waals surface area (Å²) in [5, 5.41) is 11.8. The number of nitrogens with zero attached hydrogens (tertiary/aromatic N) is 2. The lowest BCUT2D eigenvalue weighted by atomic mass is 10.0. The van der Waals surface area contributed by atoms with Gasteiger partial charge >= 0.3 is 5.97 Å². The summed E-state index contributed by atoms with van der Waals surface area (Å²) < 4.78 is 5.02. The highest BCUT2D eigenvalue weighted by atomic mass is 16.5. The zero-order valence-corrected chi connectivity index (χ0v) is 10.4. The minimum Gasteiger partial charge on any atom is -0.481 e. The molecule has 0 aliphatic rings. The average molecular weight is 239 g/mol. The molecule has 0 unspecified atom stereocenters. The van der Waals surface area contributed by atoms with Crippen LogP contribution in [-0.4, -0.2) is 33.7 Å². The van der Waals surface area contributed by atoms with Crippen molar-refractivity contribution in [1.29, 1.82) is 0 Å². The molecule has 0 spiro atoms. The van der Waals surface area contributed by atoms with Gasteiger partial charge < -0.3 is 15.2 Å². The van der Waals surface area contributed by atoms with Gasteiger partial charge in [-0.3, -0.25) is 4.79 Å². The number of carboxylic acids is 1. The van der Waals surface area contributed by atoms with Crippen molar-refractivity contribution < 1.29 is 14.6 Å². The first-order valence-electron chi connectivity index (χ1n) is 5.22. The first-order chi connectivity index (χ1) is 7.82. The number of carbonyl (C=O) groups is 1. The Balaban J connectivity index is 2.87. The highest BCUT2D eigenvalue weighted by molar-refractivity contribution is 5.69. The van der Waals surface area contributed by atoms with Crippen molar-refractivity contribution in [3.63, 3.8) is 0 Å². The van der Waals surface area contributed by atoms with Crippen molar-refractivity contribution in [2.75, 3.05) is 12.4 Å². The Morgan fingerprint density at radius 2 is 2.18 bits per heavy atom. The van der Waals surface area contributed by atoms with Gasteiger partial charge in [0.25, 0.3) is 0 Å². The number of nitrogens with one attached hydrogen (secondary N) is 1. The number of hydrogen-bond acceptors (Lipinski definition) is 5. The molecular formula is C11H17N3O3. The monoisotopic (exact) mass is 239 g/mol. The van der Waals surface area contributed by atoms with Crippen molar-refractivity contribution in [1.82, 2.24) is 9.97 Å². The smallest absolute Gasteiger partial charge is 0.305 e. The van der Waals surface area contributed by atoms with Gasteiger partial charge in [0, 0.05) is 11.6 Å². The van der Waals surface area contributed by atoms with Crippen molar-refractivity contribution in [2.45, 2.75) is 32.7 Å². The molecule has 1 rings (SSSR count). The molecule has 0 atom stereocenters. The SMILES string of the molecule is COc1cc(NC(C)(C)CC(=O)O)nc(C)n1. The van der Waals surface area contributed by atoms with Crippen LogP contribution in [-0.2, 0) is 4.79 Å². The molecule has 0 radical (unpaired) electrons. The number of rotatable bonds is 5. The molecule has 0 saturated heterocycles. The van der Waals surface area contributed by atoms with Gasteiger partial charge in [-0.2, -0.15) is 4.98 Å². The van der Waals surface area contributed by atoms with E-state index in [2.05, 4.69) is 15.3 Å². The van der Waals surface area contributed by atoms with E-state index in [-0.39, 0.29) is 6.42 Å². The van der Waals surface area contributed by atoms with Crippen LogP contribution in [0.25, 0.3) is 0 Å². The van der Waals surface area contributed by atoms with Crippen LogP contribution in [0.3, 0.4) is 0 Å². The second-order valence-electron chi connectivity index (χ2n) is 4.42. The lowest BCUT2D eigenvalue weighted by molar-refractivity contribution is -0.137. The molecule has 1 heterocycles. The summed E-state index contributed by atoms with van der Waals surface area (Å²) >= 11 is 0. The van der Waals surface area contributed by atoms with Crippen LogP contribution in [0.4, 0.5) is 5.82 Å². The number of aliphatic carboxylic acids is 1. The highest BCUT2D eigenvalue weighted by Crippen LogP contribution is 2.19. The molecule has 0 saturated carbocycles. The topological polar surface area (TPSA) is 84.3 Å². The third-order valence-electron chi connectivity index (χ3n) is 2.08. The van der Waals surface area contributed by atoms with Crippen LogP contribution in [0.2, 0.25) is 0 Å². The van der Waals surface area contributed by atoms with Gasteiger partial charge in [-0.1, -0.05) is 0 Å². The largest absolute Gasteiger partial charge is 0.481 e. The van der Waals surface area contributed by atoms with E-state index in [1.807, 2.05) is 0 Å². The van der Waals surface area contributed by atoms with E-state index in [0.29, 0.717) is 17.5 Å². The van der Waals surface area contributed by atoms with Crippen LogP contribution >= 0.6 is 0 Å². The lowest BCUT2D eigenvalue weighted by Crippen LogP contribution is -2.34. The van der Waals surface area contributed by atoms with Gasteiger partial charge in [0.15, 0.2) is 0 Å². The van der Waals surface area contributed by atoms with E-state index in [4.69, 9.17) is 9.84 Å². The normalized spacial score (nSPS) is 11.1. The molecule has 0 aliphatic heterocycles. The Hall–Kier alpha value is -1.85. The summed E-state index contributed by atoms with van der Waals surface area (Å²) in [5.41, 5.74) is -0.586. The Morgan fingerprint density at radius 3 is 2.71 bits per heavy atom. The maximum absolute atomic E-state index is 10.7. The second-order valence-corrected chi connectivity index (χ2v) is 4.42. The number of methoxy groups -OCH3 is 1. The standard InChI is InChI=1S/C11H17N3O3/c1-7-12-8(5-9(13-7)17-4)14-11(2,3)6-10(15)16/h5H,6H2,1-4H3,(H,15,16)(H,12,13,14). The van der Waals surface area contributed by atoms with E-state index >= 15 is 0 Å². The summed E-state index contributed by atoms with van der Waals surface area (Å²) in [6, 6.07) is 1.64. The molecule has 0 aromatic carbocycles. The quantitative estimate of drug-likeness (QED) is 0.809. The van der Waals surface area contributed by atoms with E-state index in [1.54, 1.807) is 26.8 Å². The summed E-state index contributed by atoms with van der Waals surface area (Å²) in [7, 11) is 1.52. The van der Waals surface area contributed by atoms with Crippen molar-refractivity contribution in [3.8, 4) is 5.88 Å². The third-order valence-corrected chi connectivity index (χ3v) is 2.08. The predicted molar refractivity (Wildman–Crippen MR) is 63.3 cm³/mol. The van der Waals surface area contributed by atoms with E-state index in [0.717, 1.165) is 0 Å². The Kier molecular flexibility index (Phi) is 3.88. The molecule has 0 fully saturated rings. The number of carboxylic acid groups (broad SMARTS) is 1. The number of aromatic nitrogens is 2. The fourth-order valence-electron chi connectivity index (χ4n) is 1.48. The summed E-state index contributed by atoms with van der Waals surface area (Å²) in [6.07, 6.45) is -0.00162. The molecule has 0 amide bonds. The summed E-state index contributed by atoms with van der Waals surface area (Å²) in [5.74, 6) is 0.713. The second kappa shape index (κ2) is 4.99. The number of hydrogen-bond donors (Lipinski definition) is 2. The van der Waals surface area contributed by atoms with Gasteiger partial charge in [-0.15, -0.1) is 0 Å².